The number of hydrogen-bond donors (Lipinski definition) is 1. The minimum atomic E-state index is -4.56. The zero-order valence-electron chi connectivity index (χ0n) is 20.7. The molecule has 0 saturated heterocycles. The molecule has 0 saturated carbocycles. The van der Waals surface area contributed by atoms with E-state index in [9.17, 15) is 22.4 Å². The molecule has 6 nitrogen and oxygen atoms in total. The second-order valence-corrected chi connectivity index (χ2v) is 9.26. The van der Waals surface area contributed by atoms with Gasteiger partial charge in [-0.25, -0.2) is 9.78 Å². The van der Waals surface area contributed by atoms with E-state index in [2.05, 4.69) is 21.3 Å². The number of benzene rings is 2. The number of fused-ring (bicyclic) bond motifs is 3. The summed E-state index contributed by atoms with van der Waals surface area (Å²) in [7, 11) is 0. The van der Waals surface area contributed by atoms with Crippen LogP contribution in [0.5, 0.6) is 0 Å². The number of alkyl halides is 3. The quantitative estimate of drug-likeness (QED) is 0.256. The second-order valence-electron chi connectivity index (χ2n) is 9.26. The highest BCUT2D eigenvalue weighted by molar-refractivity contribution is 5.96. The Hall–Kier alpha value is -4.49. The van der Waals surface area contributed by atoms with Gasteiger partial charge in [-0.05, 0) is 53.1 Å². The molecule has 0 unspecified atom stereocenters. The van der Waals surface area contributed by atoms with Crippen molar-refractivity contribution in [1.29, 1.82) is 5.26 Å². The van der Waals surface area contributed by atoms with Gasteiger partial charge in [-0.1, -0.05) is 30.4 Å². The van der Waals surface area contributed by atoms with Crippen molar-refractivity contribution in [3.05, 3.63) is 106 Å². The van der Waals surface area contributed by atoms with Crippen molar-refractivity contribution in [2.24, 2.45) is 0 Å². The largest absolute Gasteiger partial charge is 0.416 e. The lowest BCUT2D eigenvalue weighted by molar-refractivity contribution is -0.137. The van der Waals surface area contributed by atoms with Gasteiger partial charge < -0.3 is 5.32 Å². The third-order valence-electron chi connectivity index (χ3n) is 6.71. The monoisotopic (exact) mass is 533 g/mol. The average molecular weight is 534 g/mol. The van der Waals surface area contributed by atoms with Gasteiger partial charge >= 0.3 is 12.2 Å². The van der Waals surface area contributed by atoms with E-state index in [4.69, 9.17) is 5.26 Å². The van der Waals surface area contributed by atoms with Crippen LogP contribution in [0, 0.1) is 17.3 Å². The molecule has 1 aliphatic heterocycles. The Balaban J connectivity index is 1.41. The summed E-state index contributed by atoms with van der Waals surface area (Å²) in [5, 5.41) is 12.2. The van der Waals surface area contributed by atoms with Crippen LogP contribution < -0.4 is 5.32 Å². The summed E-state index contributed by atoms with van der Waals surface area (Å²) in [6.45, 7) is 1.67. The fourth-order valence-corrected chi connectivity index (χ4v) is 4.79. The molecule has 0 spiro atoms. The standard InChI is InChI=1S/C29H23F4N5O/c30-27-14-21(9-11-35-27)17-36-28(39)38-25-10-13-37(12-1-2-19-3-5-20(16-34)6-4-19)18-24(25)23-8-7-22(15-26(23)38)29(31,32)33/h1-9,11,14-15H,10,12-13,17-18H2,(H,36,39). The number of amides is 1. The Labute approximate surface area is 221 Å². The molecule has 4 aromatic rings. The molecule has 39 heavy (non-hydrogen) atoms. The predicted molar refractivity (Wildman–Crippen MR) is 138 cm³/mol. The van der Waals surface area contributed by atoms with E-state index in [1.165, 1.54) is 22.9 Å². The molecular formula is C29H23F4N5O. The molecule has 2 aromatic heterocycles. The van der Waals surface area contributed by atoms with Crippen LogP contribution in [0.15, 0.2) is 66.9 Å². The van der Waals surface area contributed by atoms with Gasteiger partial charge in [0.15, 0.2) is 0 Å². The van der Waals surface area contributed by atoms with E-state index >= 15 is 0 Å². The van der Waals surface area contributed by atoms with Crippen LogP contribution in [-0.4, -0.2) is 33.6 Å². The third-order valence-corrected chi connectivity index (χ3v) is 6.71. The second kappa shape index (κ2) is 10.7. The Morgan fingerprint density at radius 1 is 1.13 bits per heavy atom. The van der Waals surface area contributed by atoms with Crippen molar-refractivity contribution in [3.63, 3.8) is 0 Å². The summed E-state index contributed by atoms with van der Waals surface area (Å²) in [5.74, 6) is -0.686. The van der Waals surface area contributed by atoms with Crippen LogP contribution in [0.25, 0.3) is 17.0 Å². The van der Waals surface area contributed by atoms with Crippen LogP contribution in [-0.2, 0) is 25.7 Å². The van der Waals surface area contributed by atoms with E-state index in [0.717, 1.165) is 23.3 Å². The normalized spacial score (nSPS) is 13.9. The number of nitrogens with zero attached hydrogens (tertiary/aromatic N) is 4. The molecule has 3 heterocycles. The highest BCUT2D eigenvalue weighted by Crippen LogP contribution is 2.36. The minimum absolute atomic E-state index is 0.00204. The number of carbonyl (C=O) groups is 1. The lowest BCUT2D eigenvalue weighted by atomic mass is 10.0. The fraction of sp³-hybridized carbons (Fsp3) is 0.207. The summed E-state index contributed by atoms with van der Waals surface area (Å²) in [4.78, 5) is 18.9. The SMILES string of the molecule is N#Cc1ccc(C=CCN2CCc3c(c4ccc(C(F)(F)F)cc4n3C(=O)NCc3ccnc(F)c3)C2)cc1. The molecule has 0 radical (unpaired) electrons. The van der Waals surface area contributed by atoms with E-state index in [0.29, 0.717) is 48.3 Å². The number of hydrogen-bond acceptors (Lipinski definition) is 4. The van der Waals surface area contributed by atoms with Gasteiger partial charge in [-0.15, -0.1) is 0 Å². The van der Waals surface area contributed by atoms with Crippen LogP contribution in [0.2, 0.25) is 0 Å². The molecule has 198 valence electrons. The number of nitriles is 1. The number of carbonyl (C=O) groups excluding carboxylic acids is 1. The third kappa shape index (κ3) is 5.68. The van der Waals surface area contributed by atoms with Crippen LogP contribution in [0.3, 0.4) is 0 Å². The molecule has 0 bridgehead atoms. The molecule has 0 fully saturated rings. The number of nitrogens with one attached hydrogen (secondary N) is 1. The Kier molecular flexibility index (Phi) is 7.17. The first-order valence-electron chi connectivity index (χ1n) is 12.2. The van der Waals surface area contributed by atoms with E-state index in [1.54, 1.807) is 18.2 Å². The summed E-state index contributed by atoms with van der Waals surface area (Å²) >= 11 is 0. The summed E-state index contributed by atoms with van der Waals surface area (Å²) in [5.41, 5.74) is 2.83. The van der Waals surface area contributed by atoms with Crippen molar-refractivity contribution in [2.75, 3.05) is 13.1 Å². The van der Waals surface area contributed by atoms with Crippen molar-refractivity contribution < 1.29 is 22.4 Å². The van der Waals surface area contributed by atoms with E-state index in [-0.39, 0.29) is 12.1 Å². The predicted octanol–water partition coefficient (Wildman–Crippen LogP) is 5.90. The molecule has 1 amide bonds. The fourth-order valence-electron chi connectivity index (χ4n) is 4.79. The van der Waals surface area contributed by atoms with Crippen LogP contribution in [0.4, 0.5) is 22.4 Å². The molecule has 0 aliphatic carbocycles. The first-order chi connectivity index (χ1) is 18.7. The van der Waals surface area contributed by atoms with Gasteiger partial charge in [0.1, 0.15) is 0 Å². The lowest BCUT2D eigenvalue weighted by Gasteiger charge is -2.27. The molecule has 2 aromatic carbocycles. The number of halogens is 4. The number of pyridine rings is 1. The first-order valence-corrected chi connectivity index (χ1v) is 12.2. The van der Waals surface area contributed by atoms with Crippen molar-refractivity contribution in [1.82, 2.24) is 19.8 Å². The number of rotatable bonds is 5. The molecule has 5 rings (SSSR count). The molecular weight excluding hydrogens is 510 g/mol. The Bertz CT molecular complexity index is 1600. The zero-order valence-corrected chi connectivity index (χ0v) is 20.7. The smallest absolute Gasteiger partial charge is 0.333 e. The molecule has 1 aliphatic rings. The average Bonchev–Trinajstić information content (AvgIpc) is 3.25. The van der Waals surface area contributed by atoms with Crippen LogP contribution >= 0.6 is 0 Å². The zero-order chi connectivity index (χ0) is 27.6. The van der Waals surface area contributed by atoms with Gasteiger partial charge in [-0.2, -0.15) is 22.8 Å². The topological polar surface area (TPSA) is 74.0 Å². The van der Waals surface area contributed by atoms with Crippen LogP contribution in [0.1, 0.15) is 33.5 Å². The summed E-state index contributed by atoms with van der Waals surface area (Å²) < 4.78 is 55.4. The first kappa shape index (κ1) is 26.1. The maximum absolute atomic E-state index is 13.5. The van der Waals surface area contributed by atoms with Crippen molar-refractivity contribution in [3.8, 4) is 6.07 Å². The molecule has 10 heteroatoms. The summed E-state index contributed by atoms with van der Waals surface area (Å²) in [6.07, 6.45) is 1.13. The lowest BCUT2D eigenvalue weighted by Crippen LogP contribution is -2.34. The van der Waals surface area contributed by atoms with E-state index in [1.807, 2.05) is 24.3 Å². The highest BCUT2D eigenvalue weighted by atomic mass is 19.4. The maximum Gasteiger partial charge on any atom is 0.416 e. The Morgan fingerprint density at radius 2 is 1.92 bits per heavy atom. The van der Waals surface area contributed by atoms with Crippen molar-refractivity contribution in [2.45, 2.75) is 25.7 Å². The van der Waals surface area contributed by atoms with Gasteiger partial charge in [0.25, 0.3) is 0 Å². The molecule has 0 atom stereocenters. The van der Waals surface area contributed by atoms with Crippen molar-refractivity contribution >= 4 is 23.0 Å². The van der Waals surface area contributed by atoms with E-state index < -0.39 is 23.7 Å². The Morgan fingerprint density at radius 3 is 2.64 bits per heavy atom. The molecule has 1 N–H and O–H groups in total. The highest BCUT2D eigenvalue weighted by Gasteiger charge is 2.33. The van der Waals surface area contributed by atoms with Gasteiger partial charge in [0.2, 0.25) is 5.95 Å². The van der Waals surface area contributed by atoms with Gasteiger partial charge in [-0.3, -0.25) is 9.47 Å². The minimum Gasteiger partial charge on any atom is -0.333 e. The van der Waals surface area contributed by atoms with Gasteiger partial charge in [0, 0.05) is 49.9 Å². The maximum atomic E-state index is 13.5. The number of aromatic nitrogens is 2. The van der Waals surface area contributed by atoms with Gasteiger partial charge in [0.05, 0.1) is 22.7 Å². The summed E-state index contributed by atoms with van der Waals surface area (Å²) in [6, 6.07) is 14.9.